The Morgan fingerprint density at radius 2 is 2.12 bits per heavy atom. The van der Waals surface area contributed by atoms with E-state index in [-0.39, 0.29) is 5.91 Å². The van der Waals surface area contributed by atoms with Crippen molar-refractivity contribution in [1.29, 1.82) is 5.26 Å². The molecule has 0 bridgehead atoms. The van der Waals surface area contributed by atoms with Crippen LogP contribution in [-0.2, 0) is 0 Å². The Hall–Kier alpha value is -2.19. The first-order valence-electron chi connectivity index (χ1n) is 4.49. The number of amides is 1. The molecule has 0 saturated heterocycles. The van der Waals surface area contributed by atoms with E-state index in [1.807, 2.05) is 17.5 Å². The molecular weight excluding hydrogens is 222 g/mol. The van der Waals surface area contributed by atoms with E-state index < -0.39 is 0 Å². The van der Waals surface area contributed by atoms with E-state index in [2.05, 4.69) is 10.3 Å². The minimum absolute atomic E-state index is 0.368. The molecule has 1 N–H and O–H groups in total. The lowest BCUT2D eigenvalue weighted by Gasteiger charge is -1.94. The molecule has 2 aromatic rings. The summed E-state index contributed by atoms with van der Waals surface area (Å²) in [5.74, 6) is -0.368. The lowest BCUT2D eigenvalue weighted by molar-refractivity contribution is 0.0977. The minimum atomic E-state index is -0.368. The fraction of sp³-hybridized carbons (Fsp3) is 0. The smallest absolute Gasteiger partial charge is 0.267 e. The van der Waals surface area contributed by atoms with Gasteiger partial charge in [0.15, 0.2) is 6.19 Å². The number of nitrogens with zero attached hydrogens (tertiary/aromatic N) is 2. The minimum Gasteiger partial charge on any atom is -0.267 e. The van der Waals surface area contributed by atoms with Gasteiger partial charge in [-0.3, -0.25) is 15.1 Å². The van der Waals surface area contributed by atoms with Gasteiger partial charge in [0.2, 0.25) is 0 Å². The van der Waals surface area contributed by atoms with Gasteiger partial charge in [0.1, 0.15) is 0 Å². The normalized spacial score (nSPS) is 9.44. The van der Waals surface area contributed by atoms with Gasteiger partial charge < -0.3 is 0 Å². The molecule has 0 aliphatic heterocycles. The monoisotopic (exact) mass is 229 g/mol. The number of nitriles is 1. The molecule has 0 unspecified atom stereocenters. The van der Waals surface area contributed by atoms with E-state index in [0.717, 1.165) is 11.1 Å². The fourth-order valence-corrected chi connectivity index (χ4v) is 2.07. The maximum Gasteiger partial charge on any atom is 0.274 e. The number of aromatic nitrogens is 1. The summed E-state index contributed by atoms with van der Waals surface area (Å²) in [5, 5.41) is 12.3. The summed E-state index contributed by atoms with van der Waals surface area (Å²) in [6.45, 7) is 0. The number of rotatable bonds is 2. The number of carbonyl (C=O) groups excluding carboxylic acids is 1. The fourth-order valence-electron chi connectivity index (χ4n) is 1.26. The maximum absolute atomic E-state index is 11.4. The number of carbonyl (C=O) groups is 1. The molecule has 2 heterocycles. The van der Waals surface area contributed by atoms with Gasteiger partial charge in [0.25, 0.3) is 5.91 Å². The highest BCUT2D eigenvalue weighted by molar-refractivity contribution is 7.12. The van der Waals surface area contributed by atoms with Crippen LogP contribution < -0.4 is 5.32 Å². The van der Waals surface area contributed by atoms with Crippen LogP contribution in [0.1, 0.15) is 9.67 Å². The van der Waals surface area contributed by atoms with Crippen molar-refractivity contribution in [1.82, 2.24) is 10.3 Å². The second-order valence-corrected chi connectivity index (χ2v) is 3.91. The van der Waals surface area contributed by atoms with Crippen molar-refractivity contribution in [2.75, 3.05) is 0 Å². The quantitative estimate of drug-likeness (QED) is 0.633. The number of thiophene rings is 1. The third kappa shape index (κ3) is 2.07. The molecule has 2 aromatic heterocycles. The highest BCUT2D eigenvalue weighted by Gasteiger charge is 2.08. The molecule has 0 aromatic carbocycles. The maximum atomic E-state index is 11.4. The third-order valence-electron chi connectivity index (χ3n) is 2.01. The SMILES string of the molecule is N#CNC(=O)c1cc(-c2ccncc2)cs1. The molecule has 0 spiro atoms. The van der Waals surface area contributed by atoms with Crippen LogP contribution in [0.15, 0.2) is 36.0 Å². The van der Waals surface area contributed by atoms with E-state index >= 15 is 0 Å². The second kappa shape index (κ2) is 4.55. The first-order chi connectivity index (χ1) is 7.81. The predicted octanol–water partition coefficient (Wildman–Crippen LogP) is 2.02. The van der Waals surface area contributed by atoms with Crippen molar-refractivity contribution >= 4 is 17.2 Å². The molecule has 1 amide bonds. The van der Waals surface area contributed by atoms with Gasteiger partial charge in [-0.25, -0.2) is 0 Å². The Morgan fingerprint density at radius 3 is 2.81 bits per heavy atom. The highest BCUT2D eigenvalue weighted by Crippen LogP contribution is 2.24. The molecule has 0 aliphatic carbocycles. The van der Waals surface area contributed by atoms with Gasteiger partial charge in [0, 0.05) is 12.4 Å². The lowest BCUT2D eigenvalue weighted by Crippen LogP contribution is -2.15. The van der Waals surface area contributed by atoms with Gasteiger partial charge in [0.05, 0.1) is 4.88 Å². The van der Waals surface area contributed by atoms with Crippen LogP contribution in [0.25, 0.3) is 11.1 Å². The van der Waals surface area contributed by atoms with Crippen LogP contribution in [-0.4, -0.2) is 10.9 Å². The lowest BCUT2D eigenvalue weighted by atomic mass is 10.1. The molecule has 5 heteroatoms. The average Bonchev–Trinajstić information content (AvgIpc) is 2.80. The summed E-state index contributed by atoms with van der Waals surface area (Å²) in [6, 6.07) is 5.49. The van der Waals surface area contributed by atoms with Crippen LogP contribution >= 0.6 is 11.3 Å². The van der Waals surface area contributed by atoms with E-state index in [9.17, 15) is 4.79 Å². The van der Waals surface area contributed by atoms with E-state index in [0.29, 0.717) is 4.88 Å². The number of hydrogen-bond donors (Lipinski definition) is 1. The van der Waals surface area contributed by atoms with Crippen LogP contribution in [0.3, 0.4) is 0 Å². The summed E-state index contributed by atoms with van der Waals surface area (Å²) in [4.78, 5) is 15.8. The molecular formula is C11H7N3OS. The molecule has 0 saturated carbocycles. The average molecular weight is 229 g/mol. The van der Waals surface area contributed by atoms with Crippen molar-refractivity contribution in [3.05, 3.63) is 40.8 Å². The summed E-state index contributed by atoms with van der Waals surface area (Å²) >= 11 is 1.31. The van der Waals surface area contributed by atoms with Crippen molar-refractivity contribution in [3.8, 4) is 17.3 Å². The van der Waals surface area contributed by atoms with Crippen LogP contribution in [0.2, 0.25) is 0 Å². The standard InChI is InChI=1S/C11H7N3OS/c12-7-14-11(15)10-5-9(6-16-10)8-1-3-13-4-2-8/h1-6H,(H,14,15). The molecule has 4 nitrogen and oxygen atoms in total. The molecule has 2 rings (SSSR count). The summed E-state index contributed by atoms with van der Waals surface area (Å²) < 4.78 is 0. The first kappa shape index (κ1) is 10.3. The van der Waals surface area contributed by atoms with E-state index in [1.165, 1.54) is 11.3 Å². The Balaban J connectivity index is 2.27. The summed E-state index contributed by atoms with van der Waals surface area (Å²) in [6.07, 6.45) is 5.01. The Morgan fingerprint density at radius 1 is 1.38 bits per heavy atom. The Bertz CT molecular complexity index is 542. The van der Waals surface area contributed by atoms with Crippen molar-refractivity contribution in [2.45, 2.75) is 0 Å². The van der Waals surface area contributed by atoms with Crippen molar-refractivity contribution in [3.63, 3.8) is 0 Å². The molecule has 0 radical (unpaired) electrons. The van der Waals surface area contributed by atoms with Gasteiger partial charge in [-0.2, -0.15) is 5.26 Å². The molecule has 0 aliphatic rings. The second-order valence-electron chi connectivity index (χ2n) is 3.00. The zero-order chi connectivity index (χ0) is 11.4. The van der Waals surface area contributed by atoms with Crippen LogP contribution in [0, 0.1) is 11.5 Å². The van der Waals surface area contributed by atoms with Gasteiger partial charge >= 0.3 is 0 Å². The zero-order valence-electron chi connectivity index (χ0n) is 8.18. The van der Waals surface area contributed by atoms with Crippen LogP contribution in [0.5, 0.6) is 0 Å². The number of nitrogens with one attached hydrogen (secondary N) is 1. The molecule has 0 fully saturated rings. The number of hydrogen-bond acceptors (Lipinski definition) is 4. The zero-order valence-corrected chi connectivity index (χ0v) is 8.99. The largest absolute Gasteiger partial charge is 0.274 e. The van der Waals surface area contributed by atoms with E-state index in [1.54, 1.807) is 24.7 Å². The highest BCUT2D eigenvalue weighted by atomic mass is 32.1. The Kier molecular flexibility index (Phi) is 2.94. The molecule has 78 valence electrons. The van der Waals surface area contributed by atoms with Gasteiger partial charge in [-0.15, -0.1) is 11.3 Å². The number of pyridine rings is 1. The van der Waals surface area contributed by atoms with Gasteiger partial charge in [-0.05, 0) is 34.7 Å². The predicted molar refractivity (Wildman–Crippen MR) is 60.6 cm³/mol. The molecule has 0 atom stereocenters. The van der Waals surface area contributed by atoms with Crippen LogP contribution in [0.4, 0.5) is 0 Å². The third-order valence-corrected chi connectivity index (χ3v) is 2.94. The summed E-state index contributed by atoms with van der Waals surface area (Å²) in [7, 11) is 0. The van der Waals surface area contributed by atoms with Gasteiger partial charge in [-0.1, -0.05) is 0 Å². The first-order valence-corrected chi connectivity index (χ1v) is 5.37. The van der Waals surface area contributed by atoms with E-state index in [4.69, 9.17) is 5.26 Å². The topological polar surface area (TPSA) is 65.8 Å². The Labute approximate surface area is 96.2 Å². The summed E-state index contributed by atoms with van der Waals surface area (Å²) in [5.41, 5.74) is 1.96. The van der Waals surface area contributed by atoms with Crippen molar-refractivity contribution in [2.24, 2.45) is 0 Å². The molecule has 16 heavy (non-hydrogen) atoms. The van der Waals surface area contributed by atoms with Crippen molar-refractivity contribution < 1.29 is 4.79 Å².